The number of carboxylic acid groups (broad SMARTS) is 1. The van der Waals surface area contributed by atoms with Gasteiger partial charge < -0.3 is 20.5 Å². The Kier molecular flexibility index (Phi) is 5.74. The zero-order chi connectivity index (χ0) is 14.3. The molecule has 3 N–H and O–H groups in total. The number of ether oxygens (including phenoxy) is 1. The van der Waals surface area contributed by atoms with E-state index in [0.29, 0.717) is 5.69 Å². The number of methoxy groups -OCH3 is 1. The highest BCUT2D eigenvalue weighted by Gasteiger charge is 2.19. The molecule has 1 aromatic rings. The smallest absolute Gasteiger partial charge is 0.326 e. The van der Waals surface area contributed by atoms with Crippen molar-refractivity contribution in [2.24, 2.45) is 0 Å². The lowest BCUT2D eigenvalue weighted by Crippen LogP contribution is -2.43. The van der Waals surface area contributed by atoms with Crippen LogP contribution in [-0.4, -0.2) is 41.8 Å². The number of carbonyl (C=O) groups is 2. The number of aliphatic carboxylic acids is 1. The first-order chi connectivity index (χ1) is 9.02. The molecule has 0 saturated carbocycles. The Labute approximate surface area is 111 Å². The first-order valence-electron chi connectivity index (χ1n) is 5.74. The van der Waals surface area contributed by atoms with E-state index >= 15 is 0 Å². The summed E-state index contributed by atoms with van der Waals surface area (Å²) in [6.07, 6.45) is 3.34. The molecule has 0 aromatic carbocycles. The van der Waals surface area contributed by atoms with Gasteiger partial charge in [-0.2, -0.15) is 0 Å². The minimum Gasteiger partial charge on any atom is -0.480 e. The van der Waals surface area contributed by atoms with Crippen LogP contribution in [0.5, 0.6) is 0 Å². The maximum absolute atomic E-state index is 11.6. The number of nitrogens with zero attached hydrogens (tertiary/aromatic N) is 1. The first-order valence-corrected chi connectivity index (χ1v) is 5.74. The van der Waals surface area contributed by atoms with Crippen LogP contribution in [0.1, 0.15) is 12.0 Å². The monoisotopic (exact) mass is 267 g/mol. The van der Waals surface area contributed by atoms with Crippen molar-refractivity contribution in [2.45, 2.75) is 19.4 Å². The zero-order valence-electron chi connectivity index (χ0n) is 10.8. The SMILES string of the molecule is COCCC(NC(=O)Nc1cncc(C)c1)C(=O)O. The molecular formula is C12H17N3O4. The van der Waals surface area contributed by atoms with Gasteiger partial charge in [-0.15, -0.1) is 0 Å². The molecule has 0 aliphatic rings. The van der Waals surface area contributed by atoms with E-state index in [0.717, 1.165) is 5.56 Å². The quantitative estimate of drug-likeness (QED) is 0.714. The minimum atomic E-state index is -1.10. The summed E-state index contributed by atoms with van der Waals surface area (Å²) >= 11 is 0. The number of hydrogen-bond acceptors (Lipinski definition) is 4. The molecule has 1 rings (SSSR count). The molecular weight excluding hydrogens is 250 g/mol. The van der Waals surface area contributed by atoms with Crippen LogP contribution in [0.2, 0.25) is 0 Å². The van der Waals surface area contributed by atoms with Gasteiger partial charge in [0, 0.05) is 26.3 Å². The highest BCUT2D eigenvalue weighted by atomic mass is 16.5. The summed E-state index contributed by atoms with van der Waals surface area (Å²) in [5.41, 5.74) is 1.40. The van der Waals surface area contributed by atoms with Crippen molar-refractivity contribution in [3.8, 4) is 0 Å². The van der Waals surface area contributed by atoms with Crippen LogP contribution in [0, 0.1) is 6.92 Å². The van der Waals surface area contributed by atoms with Crippen LogP contribution in [0.3, 0.4) is 0 Å². The van der Waals surface area contributed by atoms with E-state index in [2.05, 4.69) is 15.6 Å². The van der Waals surface area contributed by atoms with Gasteiger partial charge in [-0.3, -0.25) is 4.98 Å². The summed E-state index contributed by atoms with van der Waals surface area (Å²) in [6.45, 7) is 2.10. The number of hydrogen-bond donors (Lipinski definition) is 3. The van der Waals surface area contributed by atoms with E-state index in [1.165, 1.54) is 13.3 Å². The second-order valence-corrected chi connectivity index (χ2v) is 4.02. The molecule has 7 heteroatoms. The molecule has 1 unspecified atom stereocenters. The molecule has 0 saturated heterocycles. The summed E-state index contributed by atoms with van der Waals surface area (Å²) < 4.78 is 4.79. The molecule has 1 heterocycles. The lowest BCUT2D eigenvalue weighted by atomic mass is 10.2. The second-order valence-electron chi connectivity index (χ2n) is 4.02. The Hall–Kier alpha value is -2.15. The number of aromatic nitrogens is 1. The Morgan fingerprint density at radius 3 is 2.79 bits per heavy atom. The van der Waals surface area contributed by atoms with Crippen LogP contribution in [0.25, 0.3) is 0 Å². The average molecular weight is 267 g/mol. The topological polar surface area (TPSA) is 101 Å². The number of pyridine rings is 1. The summed E-state index contributed by atoms with van der Waals surface area (Å²) in [4.78, 5) is 26.5. The van der Waals surface area contributed by atoms with Crippen LogP contribution < -0.4 is 10.6 Å². The van der Waals surface area contributed by atoms with E-state index in [1.807, 2.05) is 6.92 Å². The molecule has 0 aliphatic carbocycles. The average Bonchev–Trinajstić information content (AvgIpc) is 2.34. The van der Waals surface area contributed by atoms with Crippen molar-refractivity contribution in [1.29, 1.82) is 0 Å². The van der Waals surface area contributed by atoms with Crippen molar-refractivity contribution in [3.63, 3.8) is 0 Å². The van der Waals surface area contributed by atoms with Crippen molar-refractivity contribution in [2.75, 3.05) is 19.0 Å². The lowest BCUT2D eigenvalue weighted by Gasteiger charge is -2.14. The number of anilines is 1. The number of nitrogens with one attached hydrogen (secondary N) is 2. The number of urea groups is 1. The van der Waals surface area contributed by atoms with Crippen molar-refractivity contribution in [1.82, 2.24) is 10.3 Å². The molecule has 0 fully saturated rings. The first kappa shape index (κ1) is 14.9. The predicted molar refractivity (Wildman–Crippen MR) is 69.0 cm³/mol. The van der Waals surface area contributed by atoms with E-state index in [1.54, 1.807) is 12.3 Å². The number of aryl methyl sites for hydroxylation is 1. The van der Waals surface area contributed by atoms with Crippen LogP contribution in [0.15, 0.2) is 18.5 Å². The molecule has 104 valence electrons. The van der Waals surface area contributed by atoms with Crippen LogP contribution >= 0.6 is 0 Å². The van der Waals surface area contributed by atoms with Gasteiger partial charge in [0.05, 0.1) is 11.9 Å². The van der Waals surface area contributed by atoms with E-state index < -0.39 is 18.0 Å². The molecule has 19 heavy (non-hydrogen) atoms. The van der Waals surface area contributed by atoms with Gasteiger partial charge in [-0.25, -0.2) is 9.59 Å². The van der Waals surface area contributed by atoms with Gasteiger partial charge in [0.25, 0.3) is 0 Å². The second kappa shape index (κ2) is 7.32. The summed E-state index contributed by atoms with van der Waals surface area (Å²) in [5, 5.41) is 13.8. The Balaban J connectivity index is 2.55. The van der Waals surface area contributed by atoms with Gasteiger partial charge in [0.1, 0.15) is 6.04 Å². The highest BCUT2D eigenvalue weighted by Crippen LogP contribution is 2.07. The third-order valence-electron chi connectivity index (χ3n) is 2.35. The minimum absolute atomic E-state index is 0.200. The van der Waals surface area contributed by atoms with Crippen molar-refractivity contribution in [3.05, 3.63) is 24.0 Å². The third-order valence-corrected chi connectivity index (χ3v) is 2.35. The van der Waals surface area contributed by atoms with Gasteiger partial charge in [-0.05, 0) is 18.6 Å². The number of rotatable bonds is 6. The zero-order valence-corrected chi connectivity index (χ0v) is 10.8. The Morgan fingerprint density at radius 2 is 2.21 bits per heavy atom. The largest absolute Gasteiger partial charge is 0.480 e. The fraction of sp³-hybridized carbons (Fsp3) is 0.417. The molecule has 0 bridgehead atoms. The summed E-state index contributed by atoms with van der Waals surface area (Å²) in [5.74, 6) is -1.10. The number of amides is 2. The highest BCUT2D eigenvalue weighted by molar-refractivity contribution is 5.92. The lowest BCUT2D eigenvalue weighted by molar-refractivity contribution is -0.139. The maximum atomic E-state index is 11.6. The molecule has 1 atom stereocenters. The predicted octanol–water partition coefficient (Wildman–Crippen LogP) is 1.00. The maximum Gasteiger partial charge on any atom is 0.326 e. The van der Waals surface area contributed by atoms with Crippen molar-refractivity contribution < 1.29 is 19.4 Å². The van der Waals surface area contributed by atoms with Gasteiger partial charge in [-0.1, -0.05) is 0 Å². The van der Waals surface area contributed by atoms with E-state index in [9.17, 15) is 9.59 Å². The van der Waals surface area contributed by atoms with Crippen LogP contribution in [0.4, 0.5) is 10.5 Å². The summed E-state index contributed by atoms with van der Waals surface area (Å²) in [7, 11) is 1.47. The van der Waals surface area contributed by atoms with Gasteiger partial charge >= 0.3 is 12.0 Å². The fourth-order valence-electron chi connectivity index (χ4n) is 1.44. The van der Waals surface area contributed by atoms with Gasteiger partial charge in [0.2, 0.25) is 0 Å². The third kappa shape index (κ3) is 5.35. The Morgan fingerprint density at radius 1 is 1.47 bits per heavy atom. The van der Waals surface area contributed by atoms with Gasteiger partial charge in [0.15, 0.2) is 0 Å². The van der Waals surface area contributed by atoms with E-state index in [-0.39, 0.29) is 13.0 Å². The summed E-state index contributed by atoms with van der Waals surface area (Å²) in [6, 6.07) is 0.158. The van der Waals surface area contributed by atoms with Crippen LogP contribution in [-0.2, 0) is 9.53 Å². The molecule has 7 nitrogen and oxygen atoms in total. The number of carbonyl (C=O) groups excluding carboxylic acids is 1. The standard InChI is InChI=1S/C12H17N3O4/c1-8-5-9(7-13-6-8)14-12(18)15-10(11(16)17)3-4-19-2/h5-7,10H,3-4H2,1-2H3,(H,16,17)(H2,14,15,18). The molecule has 2 amide bonds. The fourth-order valence-corrected chi connectivity index (χ4v) is 1.44. The molecule has 1 aromatic heterocycles. The van der Waals surface area contributed by atoms with E-state index in [4.69, 9.17) is 9.84 Å². The molecule has 0 aliphatic heterocycles. The number of carboxylic acids is 1. The molecule has 0 spiro atoms. The Bertz CT molecular complexity index is 450. The van der Waals surface area contributed by atoms with Crippen molar-refractivity contribution >= 4 is 17.7 Å². The normalized spacial score (nSPS) is 11.7. The molecule has 0 radical (unpaired) electrons.